The Balaban J connectivity index is 1.82. The van der Waals surface area contributed by atoms with Crippen molar-refractivity contribution in [1.29, 1.82) is 0 Å². The van der Waals surface area contributed by atoms with Gasteiger partial charge in [-0.05, 0) is 31.0 Å². The first-order chi connectivity index (χ1) is 9.78. The number of hydrogen-bond acceptors (Lipinski definition) is 4. The topological polar surface area (TPSA) is 42.7 Å². The van der Waals surface area contributed by atoms with Gasteiger partial charge in [0.05, 0.1) is 7.11 Å². The van der Waals surface area contributed by atoms with Crippen LogP contribution in [-0.2, 0) is 0 Å². The molecule has 0 aliphatic carbocycles. The van der Waals surface area contributed by atoms with Crippen molar-refractivity contribution < 1.29 is 13.9 Å². The second-order valence-corrected chi connectivity index (χ2v) is 4.89. The molecule has 1 saturated heterocycles. The van der Waals surface area contributed by atoms with E-state index in [0.29, 0.717) is 17.1 Å². The van der Waals surface area contributed by atoms with Crippen LogP contribution in [0.2, 0.25) is 0 Å². The van der Waals surface area contributed by atoms with Crippen LogP contribution in [0.15, 0.2) is 40.8 Å². The molecular weight excluding hydrogens is 254 g/mol. The fraction of sp³-hybridized carbons (Fsp3) is 0.312. The van der Waals surface area contributed by atoms with E-state index in [2.05, 4.69) is 4.90 Å². The maximum absolute atomic E-state index is 12.4. The molecule has 0 atom stereocenters. The first-order valence-electron chi connectivity index (χ1n) is 6.81. The highest BCUT2D eigenvalue weighted by Gasteiger charge is 2.19. The molecule has 1 fully saturated rings. The summed E-state index contributed by atoms with van der Waals surface area (Å²) < 4.78 is 10.8. The minimum atomic E-state index is -0.116. The van der Waals surface area contributed by atoms with Gasteiger partial charge in [0.1, 0.15) is 5.75 Å². The number of ether oxygens (including phenoxy) is 1. The third-order valence-corrected chi connectivity index (χ3v) is 3.57. The third-order valence-electron chi connectivity index (χ3n) is 3.57. The van der Waals surface area contributed by atoms with E-state index in [1.807, 2.05) is 12.1 Å². The highest BCUT2D eigenvalue weighted by atomic mass is 16.5. The van der Waals surface area contributed by atoms with E-state index in [0.717, 1.165) is 19.0 Å². The predicted molar refractivity (Wildman–Crippen MR) is 76.6 cm³/mol. The number of furan rings is 1. The van der Waals surface area contributed by atoms with Gasteiger partial charge < -0.3 is 14.1 Å². The minimum Gasteiger partial charge on any atom is -0.497 e. The molecule has 1 aromatic heterocycles. The third kappa shape index (κ3) is 2.41. The van der Waals surface area contributed by atoms with Gasteiger partial charge in [0.2, 0.25) is 5.78 Å². The van der Waals surface area contributed by atoms with Gasteiger partial charge in [0.15, 0.2) is 11.6 Å². The molecule has 0 spiro atoms. The molecule has 2 aromatic rings. The highest BCUT2D eigenvalue weighted by molar-refractivity contribution is 6.07. The number of hydrogen-bond donors (Lipinski definition) is 0. The fourth-order valence-corrected chi connectivity index (χ4v) is 2.46. The Hall–Kier alpha value is -2.23. The summed E-state index contributed by atoms with van der Waals surface area (Å²) in [5.74, 6) is 1.71. The van der Waals surface area contributed by atoms with Crippen LogP contribution < -0.4 is 9.64 Å². The Morgan fingerprint density at radius 3 is 2.75 bits per heavy atom. The Morgan fingerprint density at radius 2 is 2.00 bits per heavy atom. The molecule has 3 rings (SSSR count). The summed E-state index contributed by atoms with van der Waals surface area (Å²) in [5.41, 5.74) is 0.576. The quantitative estimate of drug-likeness (QED) is 0.801. The first-order valence-corrected chi connectivity index (χ1v) is 6.81. The molecule has 0 amide bonds. The Bertz CT molecular complexity index is 612. The molecular formula is C16H17NO3. The van der Waals surface area contributed by atoms with E-state index >= 15 is 0 Å². The smallest absolute Gasteiger partial charge is 0.228 e. The maximum atomic E-state index is 12.4. The van der Waals surface area contributed by atoms with Crippen LogP contribution in [0.1, 0.15) is 29.0 Å². The normalized spacial score (nSPS) is 14.6. The lowest BCUT2D eigenvalue weighted by molar-refractivity contribution is 0.101. The van der Waals surface area contributed by atoms with Crippen LogP contribution in [0.3, 0.4) is 0 Å². The summed E-state index contributed by atoms with van der Waals surface area (Å²) in [5, 5.41) is 0. The van der Waals surface area contributed by atoms with E-state index in [-0.39, 0.29) is 5.78 Å². The molecule has 0 N–H and O–H groups in total. The van der Waals surface area contributed by atoms with Crippen molar-refractivity contribution in [2.24, 2.45) is 0 Å². The Morgan fingerprint density at radius 1 is 1.20 bits per heavy atom. The van der Waals surface area contributed by atoms with E-state index in [1.165, 1.54) is 12.8 Å². The lowest BCUT2D eigenvalue weighted by Gasteiger charge is -2.12. The lowest BCUT2D eigenvalue weighted by atomic mass is 10.1. The SMILES string of the molecule is COc1cccc(C(=O)c2ccc(N3CCCC3)o2)c1. The molecule has 2 heterocycles. The Kier molecular flexibility index (Phi) is 3.46. The van der Waals surface area contributed by atoms with Crippen molar-refractivity contribution in [3.63, 3.8) is 0 Å². The molecule has 0 saturated carbocycles. The zero-order valence-electron chi connectivity index (χ0n) is 11.5. The van der Waals surface area contributed by atoms with Gasteiger partial charge >= 0.3 is 0 Å². The zero-order chi connectivity index (χ0) is 13.9. The molecule has 1 aliphatic heterocycles. The Labute approximate surface area is 118 Å². The number of benzene rings is 1. The van der Waals surface area contributed by atoms with Crippen LogP contribution in [0.4, 0.5) is 5.88 Å². The van der Waals surface area contributed by atoms with E-state index in [4.69, 9.17) is 9.15 Å². The predicted octanol–water partition coefficient (Wildman–Crippen LogP) is 3.12. The lowest BCUT2D eigenvalue weighted by Crippen LogP contribution is -2.16. The second kappa shape index (κ2) is 5.41. The van der Waals surface area contributed by atoms with Gasteiger partial charge in [-0.15, -0.1) is 0 Å². The van der Waals surface area contributed by atoms with Crippen LogP contribution in [-0.4, -0.2) is 26.0 Å². The molecule has 0 radical (unpaired) electrons. The van der Waals surface area contributed by atoms with Crippen molar-refractivity contribution in [2.45, 2.75) is 12.8 Å². The fourth-order valence-electron chi connectivity index (χ4n) is 2.46. The molecule has 4 nitrogen and oxygen atoms in total. The number of rotatable bonds is 4. The monoisotopic (exact) mass is 271 g/mol. The van der Waals surface area contributed by atoms with Gasteiger partial charge in [-0.2, -0.15) is 0 Å². The number of carbonyl (C=O) groups excluding carboxylic acids is 1. The average Bonchev–Trinajstić information content (AvgIpc) is 3.17. The van der Waals surface area contributed by atoms with Gasteiger partial charge in [0.25, 0.3) is 0 Å². The molecule has 20 heavy (non-hydrogen) atoms. The van der Waals surface area contributed by atoms with Gasteiger partial charge in [0, 0.05) is 24.7 Å². The zero-order valence-corrected chi connectivity index (χ0v) is 11.5. The van der Waals surface area contributed by atoms with Gasteiger partial charge in [-0.3, -0.25) is 4.79 Å². The maximum Gasteiger partial charge on any atom is 0.228 e. The van der Waals surface area contributed by atoms with Gasteiger partial charge in [-0.25, -0.2) is 0 Å². The number of carbonyl (C=O) groups is 1. The van der Waals surface area contributed by atoms with Crippen LogP contribution in [0, 0.1) is 0 Å². The molecule has 0 bridgehead atoms. The second-order valence-electron chi connectivity index (χ2n) is 4.89. The van der Waals surface area contributed by atoms with Crippen molar-refractivity contribution in [1.82, 2.24) is 0 Å². The molecule has 1 aromatic carbocycles. The van der Waals surface area contributed by atoms with Crippen molar-refractivity contribution in [3.8, 4) is 5.75 Å². The number of anilines is 1. The summed E-state index contributed by atoms with van der Waals surface area (Å²) in [4.78, 5) is 14.5. The highest BCUT2D eigenvalue weighted by Crippen LogP contribution is 2.25. The number of methoxy groups -OCH3 is 1. The van der Waals surface area contributed by atoms with Crippen LogP contribution in [0.25, 0.3) is 0 Å². The summed E-state index contributed by atoms with van der Waals surface area (Å²) in [6.07, 6.45) is 2.36. The van der Waals surface area contributed by atoms with E-state index in [9.17, 15) is 4.79 Å². The number of nitrogens with zero attached hydrogens (tertiary/aromatic N) is 1. The minimum absolute atomic E-state index is 0.116. The van der Waals surface area contributed by atoms with E-state index < -0.39 is 0 Å². The van der Waals surface area contributed by atoms with Gasteiger partial charge in [-0.1, -0.05) is 12.1 Å². The largest absolute Gasteiger partial charge is 0.497 e. The molecule has 1 aliphatic rings. The van der Waals surface area contributed by atoms with Crippen molar-refractivity contribution in [3.05, 3.63) is 47.7 Å². The summed E-state index contributed by atoms with van der Waals surface area (Å²) in [6.45, 7) is 2.00. The first kappa shape index (κ1) is 12.8. The standard InChI is InChI=1S/C16H17NO3/c1-19-13-6-4-5-12(11-13)16(18)14-7-8-15(20-14)17-9-2-3-10-17/h4-8,11H,2-3,9-10H2,1H3. The molecule has 0 unspecified atom stereocenters. The summed E-state index contributed by atoms with van der Waals surface area (Å²) >= 11 is 0. The van der Waals surface area contributed by atoms with Crippen molar-refractivity contribution in [2.75, 3.05) is 25.1 Å². The average molecular weight is 271 g/mol. The number of ketones is 1. The van der Waals surface area contributed by atoms with Crippen LogP contribution in [0.5, 0.6) is 5.75 Å². The van der Waals surface area contributed by atoms with Crippen molar-refractivity contribution >= 4 is 11.7 Å². The van der Waals surface area contributed by atoms with Crippen LogP contribution >= 0.6 is 0 Å². The molecule has 4 heteroatoms. The molecule has 104 valence electrons. The van der Waals surface area contributed by atoms with E-state index in [1.54, 1.807) is 31.4 Å². The summed E-state index contributed by atoms with van der Waals surface area (Å²) in [6, 6.07) is 10.7. The summed E-state index contributed by atoms with van der Waals surface area (Å²) in [7, 11) is 1.59.